The first kappa shape index (κ1) is 27.9. The topological polar surface area (TPSA) is 100 Å². The van der Waals surface area contributed by atoms with Gasteiger partial charge in [-0.25, -0.2) is 13.4 Å². The van der Waals surface area contributed by atoms with E-state index in [9.17, 15) is 18.5 Å². The Morgan fingerprint density at radius 2 is 1.77 bits per heavy atom. The number of hydrogen-bond donors (Lipinski definition) is 0. The van der Waals surface area contributed by atoms with E-state index < -0.39 is 15.3 Å². The van der Waals surface area contributed by atoms with Crippen LogP contribution >= 0.6 is 11.3 Å². The van der Waals surface area contributed by atoms with Gasteiger partial charge in [0.1, 0.15) is 5.78 Å². The number of thiazole rings is 1. The maximum atomic E-state index is 13.6. The normalized spacial score (nSPS) is 27.1. The summed E-state index contributed by atoms with van der Waals surface area (Å²) in [7, 11) is -2.93. The van der Waals surface area contributed by atoms with Gasteiger partial charge in [-0.3, -0.25) is 4.79 Å². The minimum Gasteiger partial charge on any atom is -0.381 e. The molecule has 3 heterocycles. The molecule has 1 aromatic carbocycles. The Bertz CT molecular complexity index is 1380. The molecule has 0 bridgehead atoms. The average molecular weight is 582 g/mol. The molecule has 1 aromatic heterocycles. The number of anilines is 1. The van der Waals surface area contributed by atoms with Gasteiger partial charge in [-0.15, -0.1) is 11.3 Å². The van der Waals surface area contributed by atoms with Crippen LogP contribution in [0.5, 0.6) is 0 Å². The number of ketones is 1. The summed E-state index contributed by atoms with van der Waals surface area (Å²) in [5.74, 6) is 0.640. The number of carbonyl (C=O) groups excluding carboxylic acids is 1. The highest BCUT2D eigenvalue weighted by molar-refractivity contribution is 7.91. The van der Waals surface area contributed by atoms with Gasteiger partial charge >= 0.3 is 0 Å². The van der Waals surface area contributed by atoms with Crippen molar-refractivity contribution >= 4 is 32.6 Å². The number of aromatic nitrogens is 1. The van der Waals surface area contributed by atoms with Crippen molar-refractivity contribution in [1.29, 1.82) is 5.26 Å². The number of sulfone groups is 1. The number of Topliss-reactive ketones (excluding diaryl/α,β-unsaturated/α-hetero) is 1. The summed E-state index contributed by atoms with van der Waals surface area (Å²) in [4.78, 5) is 22.3. The minimum absolute atomic E-state index is 0.0395. The van der Waals surface area contributed by atoms with E-state index in [1.54, 1.807) is 11.3 Å². The van der Waals surface area contributed by atoms with Crippen LogP contribution in [0.4, 0.5) is 5.69 Å². The highest BCUT2D eigenvalue weighted by Crippen LogP contribution is 2.52. The lowest BCUT2D eigenvalue weighted by Crippen LogP contribution is -2.40. The van der Waals surface area contributed by atoms with Crippen molar-refractivity contribution in [2.24, 2.45) is 11.3 Å². The van der Waals surface area contributed by atoms with E-state index in [1.165, 1.54) is 0 Å². The molecule has 2 aliphatic carbocycles. The summed E-state index contributed by atoms with van der Waals surface area (Å²) in [5.41, 5.74) is 2.74. The number of nitrogens with zero attached hydrogens (tertiary/aromatic N) is 3. The van der Waals surface area contributed by atoms with Gasteiger partial charge in [-0.05, 0) is 56.2 Å². The molecule has 214 valence electrons. The van der Waals surface area contributed by atoms with Gasteiger partial charge in [0.15, 0.2) is 9.84 Å². The molecule has 40 heavy (non-hydrogen) atoms. The van der Waals surface area contributed by atoms with Crippen LogP contribution < -0.4 is 4.90 Å². The fraction of sp³-hybridized carbons (Fsp3) is 0.645. The zero-order chi connectivity index (χ0) is 28.0. The van der Waals surface area contributed by atoms with Gasteiger partial charge in [0.2, 0.25) is 0 Å². The summed E-state index contributed by atoms with van der Waals surface area (Å²) in [5, 5.41) is 10.8. The van der Waals surface area contributed by atoms with Crippen LogP contribution in [-0.2, 0) is 24.8 Å². The molecule has 0 radical (unpaired) electrons. The molecule has 2 aliphatic heterocycles. The van der Waals surface area contributed by atoms with Crippen molar-refractivity contribution in [3.63, 3.8) is 0 Å². The molecule has 2 aromatic rings. The zero-order valence-electron chi connectivity index (χ0n) is 23.4. The van der Waals surface area contributed by atoms with E-state index >= 15 is 0 Å². The summed E-state index contributed by atoms with van der Waals surface area (Å²) < 4.78 is 29.5. The van der Waals surface area contributed by atoms with E-state index in [0.29, 0.717) is 19.5 Å². The molecule has 4 fully saturated rings. The van der Waals surface area contributed by atoms with Crippen molar-refractivity contribution in [2.45, 2.75) is 76.0 Å². The molecule has 9 heteroatoms. The Labute approximate surface area is 241 Å². The number of hydrogen-bond acceptors (Lipinski definition) is 8. The number of benzene rings is 1. The van der Waals surface area contributed by atoms with Crippen molar-refractivity contribution in [1.82, 2.24) is 4.98 Å². The molecule has 0 amide bonds. The van der Waals surface area contributed by atoms with Crippen LogP contribution in [0.2, 0.25) is 0 Å². The monoisotopic (exact) mass is 581 g/mol. The number of carbonyl (C=O) groups is 1. The molecule has 2 saturated carbocycles. The van der Waals surface area contributed by atoms with Crippen molar-refractivity contribution in [3.05, 3.63) is 35.0 Å². The van der Waals surface area contributed by atoms with Crippen LogP contribution in [0.25, 0.3) is 10.4 Å². The first-order valence-electron chi connectivity index (χ1n) is 14.8. The van der Waals surface area contributed by atoms with Gasteiger partial charge < -0.3 is 9.64 Å². The van der Waals surface area contributed by atoms with Crippen molar-refractivity contribution in [3.8, 4) is 16.5 Å². The number of rotatable bonds is 7. The molecule has 7 nitrogen and oxygen atoms in total. The average Bonchev–Trinajstić information content (AvgIpc) is 3.59. The van der Waals surface area contributed by atoms with Crippen LogP contribution in [0.15, 0.2) is 24.3 Å². The maximum Gasteiger partial charge on any atom is 0.153 e. The third-order valence-corrected chi connectivity index (χ3v) is 12.8. The molecular formula is C31H39N3O4S2. The van der Waals surface area contributed by atoms with Gasteiger partial charge in [0.25, 0.3) is 0 Å². The van der Waals surface area contributed by atoms with E-state index in [2.05, 4.69) is 42.2 Å². The molecule has 0 N–H and O–H groups in total. The zero-order valence-corrected chi connectivity index (χ0v) is 25.0. The smallest absolute Gasteiger partial charge is 0.153 e. The van der Waals surface area contributed by atoms with Crippen LogP contribution in [0, 0.1) is 22.7 Å². The summed E-state index contributed by atoms with van der Waals surface area (Å²) in [6, 6.07) is 10.9. The van der Waals surface area contributed by atoms with Crippen LogP contribution in [0.1, 0.15) is 81.3 Å². The van der Waals surface area contributed by atoms with Gasteiger partial charge in [-0.2, -0.15) is 5.26 Å². The Balaban J connectivity index is 1.33. The van der Waals surface area contributed by atoms with E-state index in [1.807, 2.05) is 0 Å². The second-order valence-electron chi connectivity index (χ2n) is 12.6. The summed E-state index contributed by atoms with van der Waals surface area (Å²) in [6.45, 7) is 4.81. The third kappa shape index (κ3) is 5.60. The first-order valence-corrected chi connectivity index (χ1v) is 17.4. The molecule has 2 saturated heterocycles. The SMILES string of the molecule is CC1(c2nc([C@@H]3CCCC[C@H]3C(=O)CC3(C#N)CC3)c(-c3ccc(N4CCS(=O)(=O)CC4)cc3)s2)CCOCC1. The van der Waals surface area contributed by atoms with E-state index in [-0.39, 0.29) is 34.5 Å². The Kier molecular flexibility index (Phi) is 7.56. The highest BCUT2D eigenvalue weighted by atomic mass is 32.2. The second-order valence-corrected chi connectivity index (χ2v) is 15.9. The second kappa shape index (κ2) is 10.8. The van der Waals surface area contributed by atoms with Crippen LogP contribution in [0.3, 0.4) is 0 Å². The predicted molar refractivity (Wildman–Crippen MR) is 157 cm³/mol. The molecule has 0 spiro atoms. The third-order valence-electron chi connectivity index (χ3n) is 9.74. The lowest BCUT2D eigenvalue weighted by Gasteiger charge is -2.32. The largest absolute Gasteiger partial charge is 0.381 e. The van der Waals surface area contributed by atoms with Gasteiger partial charge in [0, 0.05) is 55.7 Å². The summed E-state index contributed by atoms with van der Waals surface area (Å²) in [6.07, 6.45) is 7.91. The van der Waals surface area contributed by atoms with Crippen molar-refractivity contribution < 1.29 is 17.9 Å². The summed E-state index contributed by atoms with van der Waals surface area (Å²) >= 11 is 1.77. The predicted octanol–water partition coefficient (Wildman–Crippen LogP) is 5.65. The Morgan fingerprint density at radius 3 is 2.42 bits per heavy atom. The van der Waals surface area contributed by atoms with Gasteiger partial charge in [-0.1, -0.05) is 31.9 Å². The molecule has 2 atom stereocenters. The minimum atomic E-state index is -2.93. The molecule has 0 unspecified atom stereocenters. The fourth-order valence-electron chi connectivity index (χ4n) is 6.67. The lowest BCUT2D eigenvalue weighted by atomic mass is 9.73. The van der Waals surface area contributed by atoms with Crippen molar-refractivity contribution in [2.75, 3.05) is 42.7 Å². The quantitative estimate of drug-likeness (QED) is 0.417. The number of nitriles is 1. The Morgan fingerprint density at radius 1 is 1.10 bits per heavy atom. The molecular weight excluding hydrogens is 542 g/mol. The van der Waals surface area contributed by atoms with E-state index in [0.717, 1.165) is 91.4 Å². The maximum absolute atomic E-state index is 13.6. The highest BCUT2D eigenvalue weighted by Gasteiger charge is 2.47. The lowest BCUT2D eigenvalue weighted by molar-refractivity contribution is -0.125. The molecule has 4 aliphatic rings. The fourth-order valence-corrected chi connectivity index (χ4v) is 9.21. The van der Waals surface area contributed by atoms with Gasteiger partial charge in [0.05, 0.1) is 38.6 Å². The first-order chi connectivity index (χ1) is 19.2. The van der Waals surface area contributed by atoms with Crippen LogP contribution in [-0.4, -0.2) is 57.0 Å². The van der Waals surface area contributed by atoms with E-state index in [4.69, 9.17) is 9.72 Å². The standard InChI is InChI=1S/C31H39N3O4S2/c1-30(12-16-38-17-13-30)29-33-27(25-5-3-2-4-24(25)26(35)20-31(21-32)10-11-31)28(39-29)22-6-8-23(9-7-22)34-14-18-40(36,37)19-15-34/h6-9,24-25H,2-5,10-20H2,1H3/t24-,25-/m1/s1. The number of ether oxygens (including phenoxy) is 1. The Hall–Kier alpha value is -2.28. The molecule has 6 rings (SSSR count).